The van der Waals surface area contributed by atoms with Crippen molar-refractivity contribution in [2.45, 2.75) is 25.4 Å². The lowest BCUT2D eigenvalue weighted by molar-refractivity contribution is 0.174. The van der Waals surface area contributed by atoms with Gasteiger partial charge >= 0.3 is 5.76 Å². The quantitative estimate of drug-likeness (QED) is 0.765. The smallest absolute Gasteiger partial charge is 0.434 e. The average molecular weight is 365 g/mol. The zero-order chi connectivity index (χ0) is 18.2. The molecule has 2 aliphatic heterocycles. The monoisotopic (exact) mass is 365 g/mol. The van der Waals surface area contributed by atoms with E-state index in [2.05, 4.69) is 39.4 Å². The molecular formula is C20H19N3O4. The number of nitrogens with one attached hydrogen (secondary N) is 1. The maximum Gasteiger partial charge on any atom is 0.434 e. The van der Waals surface area contributed by atoms with Crippen LogP contribution in [0.3, 0.4) is 0 Å². The van der Waals surface area contributed by atoms with Crippen molar-refractivity contribution in [2.75, 3.05) is 13.3 Å². The van der Waals surface area contributed by atoms with Crippen molar-refractivity contribution in [3.63, 3.8) is 0 Å². The highest BCUT2D eigenvalue weighted by atomic mass is 16.7. The molecule has 1 atom stereocenters. The Kier molecular flexibility index (Phi) is 3.94. The molecule has 1 aromatic heterocycles. The molecule has 3 heterocycles. The highest BCUT2D eigenvalue weighted by Gasteiger charge is 2.27. The van der Waals surface area contributed by atoms with Gasteiger partial charge in [0.25, 0.3) is 0 Å². The third kappa shape index (κ3) is 3.10. The standard InChI is InChI=1S/C20H19N3O4/c24-20-22-21-19(27-20)14-5-3-13(4-6-14)11-23-9-1-2-16(23)15-7-8-17-18(10-15)26-12-25-17/h3-8,10,16H,1-2,9,11-12H2,(H,22,24)/t16-/m0/s1. The summed E-state index contributed by atoms with van der Waals surface area (Å²) in [6.45, 7) is 2.23. The maximum absolute atomic E-state index is 11.1. The molecule has 2 aromatic carbocycles. The van der Waals surface area contributed by atoms with Gasteiger partial charge in [0, 0.05) is 18.2 Å². The molecule has 5 rings (SSSR count). The molecule has 1 N–H and O–H groups in total. The summed E-state index contributed by atoms with van der Waals surface area (Å²) in [7, 11) is 0. The van der Waals surface area contributed by atoms with E-state index in [9.17, 15) is 4.79 Å². The van der Waals surface area contributed by atoms with Crippen molar-refractivity contribution in [2.24, 2.45) is 0 Å². The number of ether oxygens (including phenoxy) is 2. The summed E-state index contributed by atoms with van der Waals surface area (Å²) >= 11 is 0. The van der Waals surface area contributed by atoms with Crippen LogP contribution in [0, 0.1) is 0 Å². The molecule has 3 aromatic rings. The highest BCUT2D eigenvalue weighted by Crippen LogP contribution is 2.39. The fourth-order valence-corrected chi connectivity index (χ4v) is 3.85. The van der Waals surface area contributed by atoms with E-state index in [1.807, 2.05) is 18.2 Å². The summed E-state index contributed by atoms with van der Waals surface area (Å²) in [4.78, 5) is 13.6. The first kappa shape index (κ1) is 16.1. The van der Waals surface area contributed by atoms with Crippen LogP contribution in [0.15, 0.2) is 51.7 Å². The van der Waals surface area contributed by atoms with Gasteiger partial charge in [0.15, 0.2) is 11.5 Å². The fraction of sp³-hybridized carbons (Fsp3) is 0.300. The molecule has 0 amide bonds. The van der Waals surface area contributed by atoms with Crippen molar-refractivity contribution in [1.29, 1.82) is 0 Å². The van der Waals surface area contributed by atoms with Gasteiger partial charge in [0.05, 0.1) is 0 Å². The van der Waals surface area contributed by atoms with Crippen LogP contribution in [0.4, 0.5) is 0 Å². The van der Waals surface area contributed by atoms with E-state index in [-0.39, 0.29) is 0 Å². The molecule has 0 spiro atoms. The molecule has 138 valence electrons. The molecule has 2 aliphatic rings. The van der Waals surface area contributed by atoms with Gasteiger partial charge in [-0.05, 0) is 54.8 Å². The fourth-order valence-electron chi connectivity index (χ4n) is 3.85. The second kappa shape index (κ2) is 6.59. The summed E-state index contributed by atoms with van der Waals surface area (Å²) in [6, 6.07) is 14.6. The molecule has 0 radical (unpaired) electrons. The van der Waals surface area contributed by atoms with Crippen LogP contribution in [0.5, 0.6) is 11.5 Å². The highest BCUT2D eigenvalue weighted by molar-refractivity contribution is 5.52. The summed E-state index contributed by atoms with van der Waals surface area (Å²) in [6.07, 6.45) is 2.31. The van der Waals surface area contributed by atoms with Crippen molar-refractivity contribution in [1.82, 2.24) is 15.1 Å². The topological polar surface area (TPSA) is 80.6 Å². The van der Waals surface area contributed by atoms with Gasteiger partial charge in [-0.3, -0.25) is 4.90 Å². The normalized spacial score (nSPS) is 18.9. The largest absolute Gasteiger partial charge is 0.454 e. The van der Waals surface area contributed by atoms with E-state index in [0.29, 0.717) is 18.7 Å². The van der Waals surface area contributed by atoms with Gasteiger partial charge in [-0.15, -0.1) is 5.10 Å². The van der Waals surface area contributed by atoms with E-state index in [4.69, 9.17) is 13.9 Å². The van der Waals surface area contributed by atoms with E-state index < -0.39 is 5.76 Å². The molecule has 0 saturated carbocycles. The number of likely N-dealkylation sites (tertiary alicyclic amines) is 1. The first-order valence-corrected chi connectivity index (χ1v) is 9.05. The van der Waals surface area contributed by atoms with Gasteiger partial charge < -0.3 is 13.9 Å². The Hall–Kier alpha value is -3.06. The molecule has 1 saturated heterocycles. The Balaban J connectivity index is 1.33. The Morgan fingerprint density at radius 2 is 1.96 bits per heavy atom. The van der Waals surface area contributed by atoms with Gasteiger partial charge in [-0.2, -0.15) is 0 Å². The minimum Gasteiger partial charge on any atom is -0.454 e. The van der Waals surface area contributed by atoms with E-state index in [1.54, 1.807) is 0 Å². The summed E-state index contributed by atoms with van der Waals surface area (Å²) in [5, 5.41) is 6.15. The molecule has 27 heavy (non-hydrogen) atoms. The zero-order valence-corrected chi connectivity index (χ0v) is 14.7. The maximum atomic E-state index is 11.1. The minimum absolute atomic E-state index is 0.301. The Labute approximate surface area is 155 Å². The van der Waals surface area contributed by atoms with Crippen molar-refractivity contribution in [3.8, 4) is 23.0 Å². The third-order valence-electron chi connectivity index (χ3n) is 5.17. The summed E-state index contributed by atoms with van der Waals surface area (Å²) in [5.41, 5.74) is 3.27. The summed E-state index contributed by atoms with van der Waals surface area (Å²) < 4.78 is 15.9. The van der Waals surface area contributed by atoms with Crippen LogP contribution >= 0.6 is 0 Å². The molecule has 1 fully saturated rings. The van der Waals surface area contributed by atoms with Crippen LogP contribution < -0.4 is 15.2 Å². The first-order valence-electron chi connectivity index (χ1n) is 9.05. The van der Waals surface area contributed by atoms with Crippen molar-refractivity contribution in [3.05, 3.63) is 64.1 Å². The van der Waals surface area contributed by atoms with Crippen molar-refractivity contribution >= 4 is 0 Å². The van der Waals surface area contributed by atoms with Gasteiger partial charge in [0.1, 0.15) is 0 Å². The number of rotatable bonds is 4. The van der Waals surface area contributed by atoms with Gasteiger partial charge in [0.2, 0.25) is 12.7 Å². The average Bonchev–Trinajstić information content (AvgIpc) is 3.42. The van der Waals surface area contributed by atoms with E-state index >= 15 is 0 Å². The van der Waals surface area contributed by atoms with Crippen LogP contribution in [0.2, 0.25) is 0 Å². The second-order valence-corrected chi connectivity index (χ2v) is 6.86. The number of fused-ring (bicyclic) bond motifs is 1. The number of H-pyrrole nitrogens is 1. The van der Waals surface area contributed by atoms with E-state index in [1.165, 1.54) is 17.5 Å². The van der Waals surface area contributed by atoms with Crippen LogP contribution in [0.1, 0.15) is 30.0 Å². The number of benzene rings is 2. The predicted octanol–water partition coefficient (Wildman–Crippen LogP) is 3.10. The lowest BCUT2D eigenvalue weighted by Crippen LogP contribution is -2.22. The van der Waals surface area contributed by atoms with Gasteiger partial charge in [-0.1, -0.05) is 18.2 Å². The minimum atomic E-state index is -0.544. The predicted molar refractivity (Wildman–Crippen MR) is 97.5 cm³/mol. The van der Waals surface area contributed by atoms with E-state index in [0.717, 1.165) is 36.6 Å². The molecule has 0 bridgehead atoms. The number of nitrogens with zero attached hydrogens (tertiary/aromatic N) is 2. The molecule has 0 aliphatic carbocycles. The lowest BCUT2D eigenvalue weighted by atomic mass is 10.0. The Bertz CT molecular complexity index is 1010. The molecular weight excluding hydrogens is 346 g/mol. The second-order valence-electron chi connectivity index (χ2n) is 6.86. The van der Waals surface area contributed by atoms with Gasteiger partial charge in [-0.25, -0.2) is 9.89 Å². The third-order valence-corrected chi connectivity index (χ3v) is 5.17. The van der Waals surface area contributed by atoms with Crippen LogP contribution in [0.25, 0.3) is 11.5 Å². The molecule has 7 nitrogen and oxygen atoms in total. The number of aromatic nitrogens is 2. The number of hydrogen-bond acceptors (Lipinski definition) is 6. The molecule has 7 heteroatoms. The Morgan fingerprint density at radius 3 is 2.78 bits per heavy atom. The SMILES string of the molecule is O=c1[nH]nc(-c2ccc(CN3CCC[C@H]3c3ccc4c(c3)OCO4)cc2)o1. The van der Waals surface area contributed by atoms with Crippen molar-refractivity contribution < 1.29 is 13.9 Å². The van der Waals surface area contributed by atoms with Crippen LogP contribution in [-0.2, 0) is 6.54 Å². The lowest BCUT2D eigenvalue weighted by Gasteiger charge is -2.25. The number of aromatic amines is 1. The van der Waals surface area contributed by atoms with Crippen LogP contribution in [-0.4, -0.2) is 28.4 Å². The number of hydrogen-bond donors (Lipinski definition) is 1. The summed E-state index contributed by atoms with van der Waals surface area (Å²) in [5.74, 6) is 1.43. The zero-order valence-electron chi connectivity index (χ0n) is 14.7. The first-order chi connectivity index (χ1) is 13.3. The Morgan fingerprint density at radius 1 is 1.11 bits per heavy atom. The molecule has 0 unspecified atom stereocenters.